The van der Waals surface area contributed by atoms with Crippen LogP contribution in [0.1, 0.15) is 44.6 Å². The Kier molecular flexibility index (Phi) is 6.64. The van der Waals surface area contributed by atoms with E-state index < -0.39 is 5.97 Å². The average molecular weight is 263 g/mol. The maximum absolute atomic E-state index is 11.6. The SMILES string of the molecule is CCCc1ccc(NC(=O)CCCCC(=O)O)cc1. The maximum Gasteiger partial charge on any atom is 0.303 e. The Morgan fingerprint density at radius 1 is 1.11 bits per heavy atom. The fourth-order valence-electron chi connectivity index (χ4n) is 1.83. The van der Waals surface area contributed by atoms with Gasteiger partial charge in [0.05, 0.1) is 0 Å². The summed E-state index contributed by atoms with van der Waals surface area (Å²) in [7, 11) is 0. The fourth-order valence-corrected chi connectivity index (χ4v) is 1.83. The van der Waals surface area contributed by atoms with E-state index in [2.05, 4.69) is 12.2 Å². The number of carbonyl (C=O) groups excluding carboxylic acids is 1. The van der Waals surface area contributed by atoms with Gasteiger partial charge < -0.3 is 10.4 Å². The van der Waals surface area contributed by atoms with Gasteiger partial charge in [-0.1, -0.05) is 25.5 Å². The molecule has 0 unspecified atom stereocenters. The second-order valence-corrected chi connectivity index (χ2v) is 4.60. The van der Waals surface area contributed by atoms with Crippen LogP contribution < -0.4 is 5.32 Å². The highest BCUT2D eigenvalue weighted by atomic mass is 16.4. The number of carboxylic acid groups (broad SMARTS) is 1. The highest BCUT2D eigenvalue weighted by molar-refractivity contribution is 5.90. The molecular weight excluding hydrogens is 242 g/mol. The van der Waals surface area contributed by atoms with Gasteiger partial charge in [0.25, 0.3) is 0 Å². The lowest BCUT2D eigenvalue weighted by atomic mass is 10.1. The number of hydrogen-bond donors (Lipinski definition) is 2. The van der Waals surface area contributed by atoms with Gasteiger partial charge in [0.15, 0.2) is 0 Å². The van der Waals surface area contributed by atoms with Crippen LogP contribution in [0.2, 0.25) is 0 Å². The van der Waals surface area contributed by atoms with Crippen LogP contribution in [0.4, 0.5) is 5.69 Å². The summed E-state index contributed by atoms with van der Waals surface area (Å²) < 4.78 is 0. The first-order valence-electron chi connectivity index (χ1n) is 6.72. The van der Waals surface area contributed by atoms with Crippen LogP contribution in [-0.2, 0) is 16.0 Å². The number of nitrogens with one attached hydrogen (secondary N) is 1. The zero-order valence-electron chi connectivity index (χ0n) is 11.3. The van der Waals surface area contributed by atoms with E-state index in [1.54, 1.807) is 0 Å². The first-order valence-corrected chi connectivity index (χ1v) is 6.72. The molecule has 104 valence electrons. The third-order valence-electron chi connectivity index (χ3n) is 2.82. The molecule has 0 saturated carbocycles. The molecular formula is C15H21NO3. The molecule has 0 radical (unpaired) electrons. The number of benzene rings is 1. The molecule has 1 aromatic carbocycles. The van der Waals surface area contributed by atoms with E-state index in [1.807, 2.05) is 24.3 Å². The van der Waals surface area contributed by atoms with Crippen molar-refractivity contribution in [1.82, 2.24) is 0 Å². The monoisotopic (exact) mass is 263 g/mol. The van der Waals surface area contributed by atoms with Gasteiger partial charge in [0.1, 0.15) is 0 Å². The molecule has 0 aromatic heterocycles. The number of aryl methyl sites for hydroxylation is 1. The number of carboxylic acids is 1. The molecule has 4 heteroatoms. The second-order valence-electron chi connectivity index (χ2n) is 4.60. The summed E-state index contributed by atoms with van der Waals surface area (Å²) in [6.07, 6.45) is 3.78. The summed E-state index contributed by atoms with van der Waals surface area (Å²) in [5, 5.41) is 11.3. The first kappa shape index (κ1) is 15.2. The van der Waals surface area contributed by atoms with Crippen LogP contribution in [0.3, 0.4) is 0 Å². The Balaban J connectivity index is 2.29. The van der Waals surface area contributed by atoms with Crippen LogP contribution in [0.25, 0.3) is 0 Å². The quantitative estimate of drug-likeness (QED) is 0.708. The van der Waals surface area contributed by atoms with E-state index in [0.717, 1.165) is 18.5 Å². The van der Waals surface area contributed by atoms with Crippen LogP contribution in [-0.4, -0.2) is 17.0 Å². The lowest BCUT2D eigenvalue weighted by Gasteiger charge is -2.06. The van der Waals surface area contributed by atoms with E-state index >= 15 is 0 Å². The van der Waals surface area contributed by atoms with Crippen LogP contribution in [0, 0.1) is 0 Å². The van der Waals surface area contributed by atoms with E-state index in [-0.39, 0.29) is 12.3 Å². The molecule has 0 atom stereocenters. The maximum atomic E-state index is 11.6. The number of amides is 1. The molecule has 0 bridgehead atoms. The first-order chi connectivity index (χ1) is 9.11. The number of unbranched alkanes of at least 4 members (excludes halogenated alkanes) is 1. The summed E-state index contributed by atoms with van der Waals surface area (Å²) in [6.45, 7) is 2.13. The Morgan fingerprint density at radius 3 is 2.32 bits per heavy atom. The van der Waals surface area contributed by atoms with Crippen molar-refractivity contribution >= 4 is 17.6 Å². The molecule has 0 aliphatic heterocycles. The molecule has 0 saturated heterocycles. The van der Waals surface area contributed by atoms with Gasteiger partial charge in [-0.15, -0.1) is 0 Å². The highest BCUT2D eigenvalue weighted by Crippen LogP contribution is 2.12. The Hall–Kier alpha value is -1.84. The van der Waals surface area contributed by atoms with Gasteiger partial charge in [-0.3, -0.25) is 9.59 Å². The van der Waals surface area contributed by atoms with Gasteiger partial charge in [0, 0.05) is 18.5 Å². The molecule has 1 amide bonds. The molecule has 0 spiro atoms. The summed E-state index contributed by atoms with van der Waals surface area (Å²) in [5.74, 6) is -0.874. The Bertz CT molecular complexity index is 412. The summed E-state index contributed by atoms with van der Waals surface area (Å²) >= 11 is 0. The lowest BCUT2D eigenvalue weighted by molar-refractivity contribution is -0.137. The minimum Gasteiger partial charge on any atom is -0.481 e. The van der Waals surface area contributed by atoms with Crippen molar-refractivity contribution in [1.29, 1.82) is 0 Å². The molecule has 1 rings (SSSR count). The normalized spacial score (nSPS) is 10.2. The zero-order chi connectivity index (χ0) is 14.1. The molecule has 0 heterocycles. The predicted molar refractivity (Wildman–Crippen MR) is 75.2 cm³/mol. The molecule has 0 aliphatic rings. The minimum absolute atomic E-state index is 0.0615. The van der Waals surface area contributed by atoms with Crippen molar-refractivity contribution < 1.29 is 14.7 Å². The van der Waals surface area contributed by atoms with Gasteiger partial charge in [-0.2, -0.15) is 0 Å². The van der Waals surface area contributed by atoms with Crippen molar-refractivity contribution in [2.75, 3.05) is 5.32 Å². The van der Waals surface area contributed by atoms with E-state index in [4.69, 9.17) is 5.11 Å². The van der Waals surface area contributed by atoms with Crippen LogP contribution >= 0.6 is 0 Å². The summed E-state index contributed by atoms with van der Waals surface area (Å²) in [5.41, 5.74) is 2.06. The van der Waals surface area contributed by atoms with Gasteiger partial charge in [-0.25, -0.2) is 0 Å². The second kappa shape index (κ2) is 8.29. The predicted octanol–water partition coefficient (Wildman–Crippen LogP) is 3.22. The zero-order valence-corrected chi connectivity index (χ0v) is 11.3. The molecule has 1 aromatic rings. The van der Waals surface area contributed by atoms with Crippen molar-refractivity contribution in [3.8, 4) is 0 Å². The molecule has 2 N–H and O–H groups in total. The van der Waals surface area contributed by atoms with Crippen molar-refractivity contribution in [3.63, 3.8) is 0 Å². The fraction of sp³-hybridized carbons (Fsp3) is 0.467. The van der Waals surface area contributed by atoms with Gasteiger partial charge >= 0.3 is 5.97 Å². The van der Waals surface area contributed by atoms with Crippen molar-refractivity contribution in [2.45, 2.75) is 45.4 Å². The number of carbonyl (C=O) groups is 2. The number of rotatable bonds is 8. The van der Waals surface area contributed by atoms with E-state index in [1.165, 1.54) is 5.56 Å². The van der Waals surface area contributed by atoms with Gasteiger partial charge in [-0.05, 0) is 37.0 Å². The Labute approximate surface area is 113 Å². The molecule has 19 heavy (non-hydrogen) atoms. The van der Waals surface area contributed by atoms with Crippen LogP contribution in [0.5, 0.6) is 0 Å². The largest absolute Gasteiger partial charge is 0.481 e. The van der Waals surface area contributed by atoms with Crippen molar-refractivity contribution in [3.05, 3.63) is 29.8 Å². The van der Waals surface area contributed by atoms with Crippen molar-refractivity contribution in [2.24, 2.45) is 0 Å². The third kappa shape index (κ3) is 6.60. The molecule has 0 aliphatic carbocycles. The number of aliphatic carboxylic acids is 1. The minimum atomic E-state index is -0.813. The highest BCUT2D eigenvalue weighted by Gasteiger charge is 2.03. The van der Waals surface area contributed by atoms with E-state index in [0.29, 0.717) is 19.3 Å². The number of anilines is 1. The third-order valence-corrected chi connectivity index (χ3v) is 2.82. The molecule has 4 nitrogen and oxygen atoms in total. The lowest BCUT2D eigenvalue weighted by Crippen LogP contribution is -2.11. The topological polar surface area (TPSA) is 66.4 Å². The van der Waals surface area contributed by atoms with E-state index in [9.17, 15) is 9.59 Å². The standard InChI is InChI=1S/C15H21NO3/c1-2-5-12-8-10-13(11-9-12)16-14(17)6-3-4-7-15(18)19/h8-11H,2-7H2,1H3,(H,16,17)(H,18,19). The molecule has 0 fully saturated rings. The summed E-state index contributed by atoms with van der Waals surface area (Å²) in [6, 6.07) is 7.84. The van der Waals surface area contributed by atoms with Crippen LogP contribution in [0.15, 0.2) is 24.3 Å². The smallest absolute Gasteiger partial charge is 0.303 e. The Morgan fingerprint density at radius 2 is 1.74 bits per heavy atom. The van der Waals surface area contributed by atoms with Gasteiger partial charge in [0.2, 0.25) is 5.91 Å². The average Bonchev–Trinajstić information content (AvgIpc) is 2.37. The summed E-state index contributed by atoms with van der Waals surface area (Å²) in [4.78, 5) is 21.9. The number of hydrogen-bond acceptors (Lipinski definition) is 2.